The first kappa shape index (κ1) is 16.3. The number of aromatic nitrogens is 4. The molecular formula is C18H21ClN6. The third-order valence-corrected chi connectivity index (χ3v) is 5.12. The van der Waals surface area contributed by atoms with Gasteiger partial charge in [0.15, 0.2) is 0 Å². The Morgan fingerprint density at radius 3 is 2.80 bits per heavy atom. The smallest absolute Gasteiger partial charge is 0.222 e. The van der Waals surface area contributed by atoms with Gasteiger partial charge in [-0.2, -0.15) is 0 Å². The monoisotopic (exact) mass is 356 g/mol. The van der Waals surface area contributed by atoms with Gasteiger partial charge in [0, 0.05) is 54.4 Å². The first-order chi connectivity index (χ1) is 12.3. The Hall–Kier alpha value is -2.18. The number of H-pyrrole nitrogens is 1. The summed E-state index contributed by atoms with van der Waals surface area (Å²) in [5.41, 5.74) is 2.70. The molecule has 0 saturated carbocycles. The van der Waals surface area contributed by atoms with Gasteiger partial charge in [-0.3, -0.25) is 0 Å². The fourth-order valence-electron chi connectivity index (χ4n) is 3.26. The van der Waals surface area contributed by atoms with Crippen LogP contribution < -0.4 is 5.32 Å². The van der Waals surface area contributed by atoms with Crippen LogP contribution in [0.25, 0.3) is 11.0 Å². The molecule has 130 valence electrons. The third kappa shape index (κ3) is 3.60. The molecule has 4 rings (SSSR count). The molecule has 2 N–H and O–H groups in total. The first-order valence-electron chi connectivity index (χ1n) is 8.65. The highest BCUT2D eigenvalue weighted by Gasteiger charge is 2.17. The summed E-state index contributed by atoms with van der Waals surface area (Å²) in [6.45, 7) is 4.30. The SMILES string of the molecule is ClC(c1cnc(NCCN2CCCC2)nc1)c1c[nH]c2ncccc12. The van der Waals surface area contributed by atoms with Gasteiger partial charge in [0.2, 0.25) is 5.95 Å². The van der Waals surface area contributed by atoms with Crippen LogP contribution in [0.1, 0.15) is 29.3 Å². The van der Waals surface area contributed by atoms with E-state index in [2.05, 4.69) is 30.2 Å². The number of rotatable bonds is 6. The van der Waals surface area contributed by atoms with Crippen LogP contribution in [0.4, 0.5) is 5.95 Å². The maximum atomic E-state index is 6.64. The van der Waals surface area contributed by atoms with Crippen molar-refractivity contribution in [3.8, 4) is 0 Å². The minimum Gasteiger partial charge on any atom is -0.353 e. The zero-order valence-electron chi connectivity index (χ0n) is 14.0. The van der Waals surface area contributed by atoms with Crippen LogP contribution >= 0.6 is 11.6 Å². The topological polar surface area (TPSA) is 69.7 Å². The normalized spacial score (nSPS) is 16.4. The lowest BCUT2D eigenvalue weighted by Gasteiger charge is -2.14. The van der Waals surface area contributed by atoms with Crippen molar-refractivity contribution < 1.29 is 0 Å². The van der Waals surface area contributed by atoms with Gasteiger partial charge in [0.05, 0.1) is 5.38 Å². The molecule has 1 atom stereocenters. The van der Waals surface area contributed by atoms with Crippen molar-refractivity contribution in [3.63, 3.8) is 0 Å². The number of nitrogens with one attached hydrogen (secondary N) is 2. The molecule has 0 radical (unpaired) electrons. The number of nitrogens with zero attached hydrogens (tertiary/aromatic N) is 4. The molecule has 3 aromatic heterocycles. The highest BCUT2D eigenvalue weighted by atomic mass is 35.5. The Morgan fingerprint density at radius 2 is 2.00 bits per heavy atom. The van der Waals surface area contributed by atoms with E-state index in [0.717, 1.165) is 35.2 Å². The van der Waals surface area contributed by atoms with Gasteiger partial charge >= 0.3 is 0 Å². The van der Waals surface area contributed by atoms with E-state index in [4.69, 9.17) is 11.6 Å². The van der Waals surface area contributed by atoms with Gasteiger partial charge in [0.1, 0.15) is 5.65 Å². The second-order valence-corrected chi connectivity index (χ2v) is 6.76. The van der Waals surface area contributed by atoms with Crippen LogP contribution in [0.2, 0.25) is 0 Å². The molecule has 1 unspecified atom stereocenters. The molecule has 6 nitrogen and oxygen atoms in total. The molecular weight excluding hydrogens is 336 g/mol. The van der Waals surface area contributed by atoms with Gasteiger partial charge in [-0.15, -0.1) is 11.6 Å². The second kappa shape index (κ2) is 7.37. The predicted octanol–water partition coefficient (Wildman–Crippen LogP) is 3.19. The van der Waals surface area contributed by atoms with Crippen LogP contribution in [0.3, 0.4) is 0 Å². The van der Waals surface area contributed by atoms with E-state index in [1.54, 1.807) is 18.6 Å². The van der Waals surface area contributed by atoms with Crippen LogP contribution in [-0.4, -0.2) is 51.0 Å². The van der Waals surface area contributed by atoms with Crippen molar-refractivity contribution in [3.05, 3.63) is 48.0 Å². The van der Waals surface area contributed by atoms with Crippen molar-refractivity contribution >= 4 is 28.6 Å². The average molecular weight is 357 g/mol. The Bertz CT molecular complexity index is 825. The summed E-state index contributed by atoms with van der Waals surface area (Å²) in [7, 11) is 0. The van der Waals surface area contributed by atoms with Gasteiger partial charge in [-0.05, 0) is 38.1 Å². The van der Waals surface area contributed by atoms with E-state index in [1.807, 2.05) is 18.3 Å². The fourth-order valence-corrected chi connectivity index (χ4v) is 3.55. The van der Waals surface area contributed by atoms with E-state index in [0.29, 0.717) is 5.95 Å². The number of halogens is 1. The van der Waals surface area contributed by atoms with Crippen molar-refractivity contribution in [2.75, 3.05) is 31.5 Å². The molecule has 1 aliphatic heterocycles. The Balaban J connectivity index is 1.40. The molecule has 7 heteroatoms. The van der Waals surface area contributed by atoms with Gasteiger partial charge in [-0.25, -0.2) is 15.0 Å². The molecule has 1 aliphatic rings. The van der Waals surface area contributed by atoms with Crippen LogP contribution in [0.15, 0.2) is 36.9 Å². The molecule has 0 aliphatic carbocycles. The largest absolute Gasteiger partial charge is 0.353 e. The predicted molar refractivity (Wildman–Crippen MR) is 100.0 cm³/mol. The summed E-state index contributed by atoms with van der Waals surface area (Å²) >= 11 is 6.64. The summed E-state index contributed by atoms with van der Waals surface area (Å²) in [4.78, 5) is 18.7. The molecule has 1 saturated heterocycles. The molecule has 25 heavy (non-hydrogen) atoms. The molecule has 0 bridgehead atoms. The van der Waals surface area contributed by atoms with E-state index in [1.165, 1.54) is 25.9 Å². The zero-order chi connectivity index (χ0) is 17.1. The van der Waals surface area contributed by atoms with E-state index >= 15 is 0 Å². The van der Waals surface area contributed by atoms with Gasteiger partial charge in [-0.1, -0.05) is 0 Å². The molecule has 1 fully saturated rings. The maximum Gasteiger partial charge on any atom is 0.222 e. The molecule has 0 spiro atoms. The maximum absolute atomic E-state index is 6.64. The summed E-state index contributed by atoms with van der Waals surface area (Å²) < 4.78 is 0. The number of anilines is 1. The Morgan fingerprint density at radius 1 is 1.20 bits per heavy atom. The van der Waals surface area contributed by atoms with Gasteiger partial charge < -0.3 is 15.2 Å². The number of pyridine rings is 1. The fraction of sp³-hybridized carbons (Fsp3) is 0.389. The van der Waals surface area contributed by atoms with Crippen molar-refractivity contribution in [1.82, 2.24) is 24.8 Å². The number of likely N-dealkylation sites (tertiary alicyclic amines) is 1. The highest BCUT2D eigenvalue weighted by Crippen LogP contribution is 2.32. The molecule has 0 amide bonds. The Labute approximate surface area is 151 Å². The third-order valence-electron chi connectivity index (χ3n) is 4.63. The van der Waals surface area contributed by atoms with Crippen molar-refractivity contribution in [2.24, 2.45) is 0 Å². The molecule has 4 heterocycles. The number of hydrogen-bond acceptors (Lipinski definition) is 5. The summed E-state index contributed by atoms with van der Waals surface area (Å²) in [6, 6.07) is 3.92. The van der Waals surface area contributed by atoms with Crippen molar-refractivity contribution in [2.45, 2.75) is 18.2 Å². The number of fused-ring (bicyclic) bond motifs is 1. The lowest BCUT2D eigenvalue weighted by atomic mass is 10.1. The first-order valence-corrected chi connectivity index (χ1v) is 9.09. The quantitative estimate of drug-likeness (QED) is 0.664. The van der Waals surface area contributed by atoms with Crippen LogP contribution in [0.5, 0.6) is 0 Å². The summed E-state index contributed by atoms with van der Waals surface area (Å²) in [6.07, 6.45) is 9.86. The van der Waals surface area contributed by atoms with E-state index < -0.39 is 0 Å². The summed E-state index contributed by atoms with van der Waals surface area (Å²) in [5, 5.41) is 3.99. The van der Waals surface area contributed by atoms with Crippen LogP contribution in [-0.2, 0) is 0 Å². The molecule has 0 aromatic carbocycles. The summed E-state index contributed by atoms with van der Waals surface area (Å²) in [5.74, 6) is 0.646. The minimum atomic E-state index is -0.309. The number of aromatic amines is 1. The zero-order valence-corrected chi connectivity index (χ0v) is 14.7. The number of alkyl halides is 1. The van der Waals surface area contributed by atoms with E-state index in [9.17, 15) is 0 Å². The van der Waals surface area contributed by atoms with Crippen molar-refractivity contribution in [1.29, 1.82) is 0 Å². The van der Waals surface area contributed by atoms with Crippen LogP contribution in [0, 0.1) is 0 Å². The lowest BCUT2D eigenvalue weighted by molar-refractivity contribution is 0.352. The number of hydrogen-bond donors (Lipinski definition) is 2. The highest BCUT2D eigenvalue weighted by molar-refractivity contribution is 6.23. The van der Waals surface area contributed by atoms with Gasteiger partial charge in [0.25, 0.3) is 0 Å². The second-order valence-electron chi connectivity index (χ2n) is 6.32. The standard InChI is InChI=1S/C18H21ClN6/c19-16(15-12-22-17-14(15)4-3-5-20-17)13-10-23-18(24-11-13)21-6-9-25-7-1-2-8-25/h3-5,10-12,16H,1-2,6-9H2,(H,20,22)(H,21,23,24). The minimum absolute atomic E-state index is 0.309. The molecule has 3 aromatic rings. The average Bonchev–Trinajstić information content (AvgIpc) is 3.31. The lowest BCUT2D eigenvalue weighted by Crippen LogP contribution is -2.26. The van der Waals surface area contributed by atoms with E-state index in [-0.39, 0.29) is 5.38 Å². The Kier molecular flexibility index (Phi) is 4.81.